The van der Waals surface area contributed by atoms with E-state index in [0.29, 0.717) is 30.1 Å². The Balaban J connectivity index is 2.17. The van der Waals surface area contributed by atoms with Crippen LogP contribution >= 0.6 is 0 Å². The molecule has 0 unspecified atom stereocenters. The number of amides is 1. The van der Waals surface area contributed by atoms with Crippen molar-refractivity contribution in [1.29, 1.82) is 0 Å². The number of anilines is 1. The van der Waals surface area contributed by atoms with Gasteiger partial charge >= 0.3 is 12.2 Å². The lowest BCUT2D eigenvalue weighted by Gasteiger charge is -2.24. The van der Waals surface area contributed by atoms with Crippen molar-refractivity contribution >= 4 is 29.2 Å². The molecule has 0 radical (unpaired) electrons. The second-order valence-electron chi connectivity index (χ2n) is 8.57. The van der Waals surface area contributed by atoms with E-state index in [1.807, 2.05) is 65.8 Å². The number of nitrogens with one attached hydrogen (secondary N) is 1. The predicted octanol–water partition coefficient (Wildman–Crippen LogP) is 3.78. The average molecular weight is 390 g/mol. The number of ether oxygens (including phenoxy) is 2. The molecule has 1 aromatic carbocycles. The van der Waals surface area contributed by atoms with Crippen molar-refractivity contribution in [3.05, 3.63) is 24.3 Å². The SMILES string of the molecule is CN(CCNC(=O)OC(C)(C)C)c1nc2ccccc2n1C(=O)OC(C)(C)C. The van der Waals surface area contributed by atoms with Crippen molar-refractivity contribution in [2.75, 3.05) is 25.0 Å². The molecule has 0 aliphatic rings. The fourth-order valence-electron chi connectivity index (χ4n) is 2.50. The van der Waals surface area contributed by atoms with Crippen molar-refractivity contribution in [2.45, 2.75) is 52.7 Å². The molecular formula is C20H30N4O4. The van der Waals surface area contributed by atoms with Gasteiger partial charge in [0.1, 0.15) is 11.2 Å². The molecular weight excluding hydrogens is 360 g/mol. The second-order valence-corrected chi connectivity index (χ2v) is 8.57. The zero-order valence-electron chi connectivity index (χ0n) is 17.7. The van der Waals surface area contributed by atoms with Crippen LogP contribution in [0.3, 0.4) is 0 Å². The number of hydrogen-bond acceptors (Lipinski definition) is 6. The van der Waals surface area contributed by atoms with Gasteiger partial charge < -0.3 is 19.7 Å². The number of carbonyl (C=O) groups excluding carboxylic acids is 2. The van der Waals surface area contributed by atoms with Gasteiger partial charge in [0, 0.05) is 20.1 Å². The summed E-state index contributed by atoms with van der Waals surface area (Å²) < 4.78 is 12.2. The summed E-state index contributed by atoms with van der Waals surface area (Å²) in [7, 11) is 1.80. The summed E-state index contributed by atoms with van der Waals surface area (Å²) in [4.78, 5) is 30.9. The number of fused-ring (bicyclic) bond motifs is 1. The van der Waals surface area contributed by atoms with Gasteiger partial charge in [0.25, 0.3) is 0 Å². The third-order valence-electron chi connectivity index (χ3n) is 3.58. The van der Waals surface area contributed by atoms with Gasteiger partial charge in [0.2, 0.25) is 5.95 Å². The topological polar surface area (TPSA) is 85.7 Å². The maximum absolute atomic E-state index is 12.8. The van der Waals surface area contributed by atoms with Crippen LogP contribution in [0, 0.1) is 0 Å². The Kier molecular flexibility index (Phi) is 6.21. The molecule has 0 atom stereocenters. The molecule has 1 N–H and O–H groups in total. The molecule has 2 aromatic rings. The summed E-state index contributed by atoms with van der Waals surface area (Å²) in [5, 5.41) is 2.70. The monoisotopic (exact) mass is 390 g/mol. The molecule has 0 aliphatic heterocycles. The molecule has 2 rings (SSSR count). The number of benzene rings is 1. The third kappa shape index (κ3) is 5.87. The first-order valence-corrected chi connectivity index (χ1v) is 9.26. The molecule has 0 saturated heterocycles. The van der Waals surface area contributed by atoms with Gasteiger partial charge in [-0.1, -0.05) is 12.1 Å². The molecule has 1 aromatic heterocycles. The summed E-state index contributed by atoms with van der Waals surface area (Å²) in [5.74, 6) is 0.446. The van der Waals surface area contributed by atoms with E-state index in [1.54, 1.807) is 11.9 Å². The largest absolute Gasteiger partial charge is 0.444 e. The number of carbonyl (C=O) groups is 2. The maximum atomic E-state index is 12.8. The highest BCUT2D eigenvalue weighted by molar-refractivity contribution is 5.90. The van der Waals surface area contributed by atoms with E-state index in [0.717, 1.165) is 0 Å². The van der Waals surface area contributed by atoms with Gasteiger partial charge in [0.15, 0.2) is 0 Å². The Bertz CT molecular complexity index is 846. The molecule has 1 amide bonds. The number of para-hydroxylation sites is 2. The Morgan fingerprint density at radius 3 is 2.29 bits per heavy atom. The van der Waals surface area contributed by atoms with E-state index in [9.17, 15) is 9.59 Å². The number of rotatable bonds is 4. The quantitative estimate of drug-likeness (QED) is 0.855. The zero-order valence-corrected chi connectivity index (χ0v) is 17.7. The van der Waals surface area contributed by atoms with E-state index in [1.165, 1.54) is 4.57 Å². The summed E-state index contributed by atoms with van der Waals surface area (Å²) in [6, 6.07) is 7.37. The molecule has 0 saturated carbocycles. The molecule has 0 bridgehead atoms. The van der Waals surface area contributed by atoms with Gasteiger partial charge in [-0.2, -0.15) is 0 Å². The van der Waals surface area contributed by atoms with Crippen LogP contribution in [0.2, 0.25) is 0 Å². The first-order chi connectivity index (χ1) is 12.9. The number of alkyl carbamates (subject to hydrolysis) is 1. The van der Waals surface area contributed by atoms with E-state index < -0.39 is 23.4 Å². The van der Waals surface area contributed by atoms with E-state index in [2.05, 4.69) is 10.3 Å². The Morgan fingerprint density at radius 2 is 1.68 bits per heavy atom. The van der Waals surface area contributed by atoms with Gasteiger partial charge in [0.05, 0.1) is 11.0 Å². The normalized spacial score (nSPS) is 12.0. The summed E-state index contributed by atoms with van der Waals surface area (Å²) in [6.07, 6.45) is -0.982. The van der Waals surface area contributed by atoms with Crippen molar-refractivity contribution in [3.8, 4) is 0 Å². The number of imidazole rings is 1. The Labute approximate surface area is 165 Å². The number of likely N-dealkylation sites (N-methyl/N-ethyl adjacent to an activating group) is 1. The highest BCUT2D eigenvalue weighted by Gasteiger charge is 2.25. The Morgan fingerprint density at radius 1 is 1.07 bits per heavy atom. The highest BCUT2D eigenvalue weighted by Crippen LogP contribution is 2.23. The maximum Gasteiger partial charge on any atom is 0.421 e. The van der Waals surface area contributed by atoms with Crippen LogP contribution < -0.4 is 10.2 Å². The zero-order chi connectivity index (χ0) is 21.1. The summed E-state index contributed by atoms with van der Waals surface area (Å²) in [5.41, 5.74) is 0.172. The minimum atomic E-state index is -0.628. The number of hydrogen-bond donors (Lipinski definition) is 1. The van der Waals surface area contributed by atoms with E-state index >= 15 is 0 Å². The minimum absolute atomic E-state index is 0.336. The molecule has 8 heteroatoms. The average Bonchev–Trinajstić information content (AvgIpc) is 2.91. The third-order valence-corrected chi connectivity index (χ3v) is 3.58. The van der Waals surface area contributed by atoms with E-state index in [-0.39, 0.29) is 0 Å². The van der Waals surface area contributed by atoms with Gasteiger partial charge in [-0.25, -0.2) is 19.1 Å². The molecule has 28 heavy (non-hydrogen) atoms. The van der Waals surface area contributed by atoms with Crippen LogP contribution in [0.25, 0.3) is 11.0 Å². The molecule has 1 heterocycles. The van der Waals surface area contributed by atoms with Gasteiger partial charge in [-0.15, -0.1) is 0 Å². The molecule has 0 aliphatic carbocycles. The number of aromatic nitrogens is 2. The molecule has 0 spiro atoms. The van der Waals surface area contributed by atoms with Crippen LogP contribution in [-0.2, 0) is 9.47 Å². The fourth-order valence-corrected chi connectivity index (χ4v) is 2.50. The van der Waals surface area contributed by atoms with Crippen molar-refractivity contribution in [2.24, 2.45) is 0 Å². The first-order valence-electron chi connectivity index (χ1n) is 9.26. The fraction of sp³-hybridized carbons (Fsp3) is 0.550. The highest BCUT2D eigenvalue weighted by atomic mass is 16.6. The van der Waals surface area contributed by atoms with Crippen molar-refractivity contribution < 1.29 is 19.1 Å². The number of nitrogens with zero attached hydrogens (tertiary/aromatic N) is 3. The van der Waals surface area contributed by atoms with Gasteiger partial charge in [-0.3, -0.25) is 0 Å². The lowest BCUT2D eigenvalue weighted by Crippen LogP contribution is -2.38. The lowest BCUT2D eigenvalue weighted by molar-refractivity contribution is 0.0520. The van der Waals surface area contributed by atoms with Crippen LogP contribution in [0.1, 0.15) is 41.5 Å². The molecule has 0 fully saturated rings. The predicted molar refractivity (Wildman–Crippen MR) is 109 cm³/mol. The molecule has 8 nitrogen and oxygen atoms in total. The minimum Gasteiger partial charge on any atom is -0.444 e. The van der Waals surface area contributed by atoms with E-state index in [4.69, 9.17) is 9.47 Å². The van der Waals surface area contributed by atoms with Crippen LogP contribution in [0.4, 0.5) is 15.5 Å². The Hall–Kier alpha value is -2.77. The standard InChI is InChI=1S/C20H30N4O4/c1-19(2,3)27-17(25)21-12-13-23(7)16-22-14-10-8-9-11-15(14)24(16)18(26)28-20(4,5)6/h8-11H,12-13H2,1-7H3,(H,21,25). The lowest BCUT2D eigenvalue weighted by atomic mass is 10.2. The van der Waals surface area contributed by atoms with Crippen LogP contribution in [0.5, 0.6) is 0 Å². The van der Waals surface area contributed by atoms with Crippen LogP contribution in [0.15, 0.2) is 24.3 Å². The van der Waals surface area contributed by atoms with Crippen molar-refractivity contribution in [1.82, 2.24) is 14.9 Å². The summed E-state index contributed by atoms with van der Waals surface area (Å²) >= 11 is 0. The molecule has 154 valence electrons. The van der Waals surface area contributed by atoms with Crippen LogP contribution in [-0.4, -0.2) is 53.1 Å². The smallest absolute Gasteiger partial charge is 0.421 e. The second kappa shape index (κ2) is 8.08. The summed E-state index contributed by atoms with van der Waals surface area (Å²) in [6.45, 7) is 11.6. The van der Waals surface area contributed by atoms with Crippen molar-refractivity contribution in [3.63, 3.8) is 0 Å². The van der Waals surface area contributed by atoms with Gasteiger partial charge in [-0.05, 0) is 53.7 Å². The first kappa shape index (κ1) is 21.5.